The highest BCUT2D eigenvalue weighted by molar-refractivity contribution is 5.80. The van der Waals surface area contributed by atoms with Crippen LogP contribution in [0, 0.1) is 0 Å². The van der Waals surface area contributed by atoms with Crippen LogP contribution in [0.1, 0.15) is 13.8 Å². The normalized spacial score (nSPS) is 11.3. The van der Waals surface area contributed by atoms with Gasteiger partial charge in [-0.3, -0.25) is 9.59 Å². The van der Waals surface area contributed by atoms with Crippen molar-refractivity contribution in [1.82, 2.24) is 0 Å². The molecule has 0 aliphatic rings. The lowest BCUT2D eigenvalue weighted by Crippen LogP contribution is -2.32. The van der Waals surface area contributed by atoms with Crippen LogP contribution < -0.4 is 5.73 Å². The standard InChI is InChI=1S/C4H7NO4.CH4/c5-2(4(8)9)1-3(6)7;/h2H,1,5H2,(H,6,7)(H,8,9);1H4/t2-;/m1./s1. The Morgan fingerprint density at radius 1 is 1.40 bits per heavy atom. The fraction of sp³-hybridized carbons (Fsp3) is 0.600. The van der Waals surface area contributed by atoms with Crippen molar-refractivity contribution in [1.29, 1.82) is 0 Å². The van der Waals surface area contributed by atoms with Crippen LogP contribution in [0.2, 0.25) is 0 Å². The lowest BCUT2D eigenvalue weighted by atomic mass is 10.2. The fourth-order valence-corrected chi connectivity index (χ4v) is 0.275. The molecule has 0 amide bonds. The van der Waals surface area contributed by atoms with E-state index in [1.807, 2.05) is 0 Å². The van der Waals surface area contributed by atoms with E-state index in [9.17, 15) is 9.59 Å². The smallest absolute Gasteiger partial charge is 0.321 e. The summed E-state index contributed by atoms with van der Waals surface area (Å²) in [5, 5.41) is 16.0. The molecular weight excluding hydrogens is 138 g/mol. The van der Waals surface area contributed by atoms with Gasteiger partial charge < -0.3 is 15.9 Å². The van der Waals surface area contributed by atoms with Crippen LogP contribution >= 0.6 is 0 Å². The molecule has 0 fully saturated rings. The maximum atomic E-state index is 9.85. The van der Waals surface area contributed by atoms with Crippen molar-refractivity contribution in [2.24, 2.45) is 5.73 Å². The fourth-order valence-electron chi connectivity index (χ4n) is 0.275. The predicted octanol–water partition coefficient (Wildman–Crippen LogP) is -0.491. The number of hydrogen-bond acceptors (Lipinski definition) is 3. The van der Waals surface area contributed by atoms with E-state index < -0.39 is 24.4 Å². The second kappa shape index (κ2) is 4.75. The first-order valence-corrected chi connectivity index (χ1v) is 2.24. The summed E-state index contributed by atoms with van der Waals surface area (Å²) in [6, 6.07) is -1.29. The number of nitrogens with two attached hydrogens (primary N) is 1. The van der Waals surface area contributed by atoms with E-state index >= 15 is 0 Å². The molecule has 0 aromatic rings. The highest BCUT2D eigenvalue weighted by Crippen LogP contribution is 1.86. The van der Waals surface area contributed by atoms with E-state index in [-0.39, 0.29) is 7.43 Å². The van der Waals surface area contributed by atoms with E-state index in [1.165, 1.54) is 0 Å². The molecule has 5 nitrogen and oxygen atoms in total. The summed E-state index contributed by atoms with van der Waals surface area (Å²) in [5.41, 5.74) is 4.84. The van der Waals surface area contributed by atoms with Gasteiger partial charge in [0.2, 0.25) is 0 Å². The highest BCUT2D eigenvalue weighted by atomic mass is 16.4. The minimum Gasteiger partial charge on any atom is -0.481 e. The summed E-state index contributed by atoms with van der Waals surface area (Å²) < 4.78 is 0. The van der Waals surface area contributed by atoms with Crippen molar-refractivity contribution < 1.29 is 19.8 Å². The van der Waals surface area contributed by atoms with E-state index in [2.05, 4.69) is 0 Å². The van der Waals surface area contributed by atoms with Gasteiger partial charge in [0.1, 0.15) is 6.04 Å². The van der Waals surface area contributed by atoms with Crippen molar-refractivity contribution in [3.8, 4) is 0 Å². The van der Waals surface area contributed by atoms with Gasteiger partial charge in [0.05, 0.1) is 6.42 Å². The molecule has 1 atom stereocenters. The predicted molar refractivity (Wildman–Crippen MR) is 34.6 cm³/mol. The van der Waals surface area contributed by atoms with Gasteiger partial charge in [-0.05, 0) is 0 Å². The average molecular weight is 149 g/mol. The third kappa shape index (κ3) is 5.04. The third-order valence-corrected chi connectivity index (χ3v) is 0.712. The average Bonchev–Trinajstić information content (AvgIpc) is 1.63. The summed E-state index contributed by atoms with van der Waals surface area (Å²) in [4.78, 5) is 19.6. The number of aliphatic carboxylic acids is 2. The van der Waals surface area contributed by atoms with E-state index in [0.29, 0.717) is 0 Å². The molecule has 0 saturated carbocycles. The summed E-state index contributed by atoms with van der Waals surface area (Å²) >= 11 is 0. The Morgan fingerprint density at radius 2 is 1.80 bits per heavy atom. The first-order chi connectivity index (χ1) is 4.04. The first-order valence-electron chi connectivity index (χ1n) is 2.24. The minimum absolute atomic E-state index is 0. The minimum atomic E-state index is -1.29. The lowest BCUT2D eigenvalue weighted by molar-refractivity contribution is -0.144. The van der Waals surface area contributed by atoms with Crippen molar-refractivity contribution in [2.75, 3.05) is 0 Å². The van der Waals surface area contributed by atoms with Crippen LogP contribution in [0.15, 0.2) is 0 Å². The molecule has 4 N–H and O–H groups in total. The van der Waals surface area contributed by atoms with Gasteiger partial charge in [-0.1, -0.05) is 7.43 Å². The van der Waals surface area contributed by atoms with E-state index in [1.54, 1.807) is 0 Å². The van der Waals surface area contributed by atoms with Crippen molar-refractivity contribution >= 4 is 11.9 Å². The second-order valence-corrected chi connectivity index (χ2v) is 1.54. The molecular formula is C5H11NO4. The SMILES string of the molecule is C.N[C@H](CC(=O)O)C(=O)O. The molecule has 0 saturated heterocycles. The van der Waals surface area contributed by atoms with Crippen molar-refractivity contribution in [2.45, 2.75) is 19.9 Å². The topological polar surface area (TPSA) is 101 Å². The van der Waals surface area contributed by atoms with Crippen LogP contribution in [0.25, 0.3) is 0 Å². The maximum absolute atomic E-state index is 9.85. The zero-order chi connectivity index (χ0) is 7.44. The van der Waals surface area contributed by atoms with Crippen LogP contribution in [-0.2, 0) is 9.59 Å². The number of rotatable bonds is 3. The Morgan fingerprint density at radius 3 is 1.90 bits per heavy atom. The molecule has 5 heteroatoms. The van der Waals surface area contributed by atoms with Crippen LogP contribution in [0.3, 0.4) is 0 Å². The Hall–Kier alpha value is -1.10. The molecule has 0 rings (SSSR count). The quantitative estimate of drug-likeness (QED) is 0.502. The third-order valence-electron chi connectivity index (χ3n) is 0.712. The molecule has 0 heterocycles. The molecule has 0 aliphatic heterocycles. The van der Waals surface area contributed by atoms with Crippen LogP contribution in [-0.4, -0.2) is 28.2 Å². The van der Waals surface area contributed by atoms with Gasteiger partial charge in [-0.15, -0.1) is 0 Å². The Balaban J connectivity index is 0. The molecule has 0 aromatic heterocycles. The monoisotopic (exact) mass is 149 g/mol. The molecule has 60 valence electrons. The number of carbonyl (C=O) groups is 2. The van der Waals surface area contributed by atoms with Crippen LogP contribution in [0.4, 0.5) is 0 Å². The first kappa shape index (κ1) is 11.7. The molecule has 0 aliphatic carbocycles. The van der Waals surface area contributed by atoms with Gasteiger partial charge in [0.25, 0.3) is 0 Å². The molecule has 10 heavy (non-hydrogen) atoms. The van der Waals surface area contributed by atoms with Gasteiger partial charge in [-0.25, -0.2) is 0 Å². The summed E-state index contributed by atoms with van der Waals surface area (Å²) in [6.45, 7) is 0. The van der Waals surface area contributed by atoms with Gasteiger partial charge in [0.15, 0.2) is 0 Å². The summed E-state index contributed by atoms with van der Waals surface area (Å²) in [7, 11) is 0. The second-order valence-electron chi connectivity index (χ2n) is 1.54. The summed E-state index contributed by atoms with van der Waals surface area (Å²) in [6.07, 6.45) is -0.532. The van der Waals surface area contributed by atoms with Gasteiger partial charge >= 0.3 is 11.9 Å². The highest BCUT2D eigenvalue weighted by Gasteiger charge is 2.14. The Kier molecular flexibility index (Phi) is 5.54. The molecule has 0 aromatic carbocycles. The van der Waals surface area contributed by atoms with Gasteiger partial charge in [-0.2, -0.15) is 0 Å². The number of hydrogen-bond donors (Lipinski definition) is 3. The molecule has 0 unspecified atom stereocenters. The Labute approximate surface area is 58.5 Å². The van der Waals surface area contributed by atoms with Crippen LogP contribution in [0.5, 0.6) is 0 Å². The van der Waals surface area contributed by atoms with E-state index in [4.69, 9.17) is 15.9 Å². The lowest BCUT2D eigenvalue weighted by Gasteiger charge is -1.99. The van der Waals surface area contributed by atoms with Crippen molar-refractivity contribution in [3.05, 3.63) is 0 Å². The summed E-state index contributed by atoms with van der Waals surface area (Å²) in [5.74, 6) is -2.50. The van der Waals surface area contributed by atoms with Gasteiger partial charge in [0, 0.05) is 0 Å². The zero-order valence-electron chi connectivity index (χ0n) is 4.57. The zero-order valence-corrected chi connectivity index (χ0v) is 4.57. The largest absolute Gasteiger partial charge is 0.481 e. The Bertz CT molecular complexity index is 134. The van der Waals surface area contributed by atoms with E-state index in [0.717, 1.165) is 0 Å². The van der Waals surface area contributed by atoms with Crippen molar-refractivity contribution in [3.63, 3.8) is 0 Å². The molecule has 0 spiro atoms. The number of carboxylic acid groups (broad SMARTS) is 2. The number of carboxylic acids is 2. The molecule has 0 bridgehead atoms. The molecule has 0 radical (unpaired) electrons. The maximum Gasteiger partial charge on any atom is 0.321 e.